The lowest BCUT2D eigenvalue weighted by Crippen LogP contribution is -2.46. The molecule has 0 saturated carbocycles. The molecule has 3 amide bonds. The number of benzene rings is 2. The van der Waals surface area contributed by atoms with E-state index in [4.69, 9.17) is 9.47 Å². The van der Waals surface area contributed by atoms with Gasteiger partial charge in [-0.3, -0.25) is 4.79 Å². The normalized spacial score (nSPS) is 15.9. The summed E-state index contributed by atoms with van der Waals surface area (Å²) in [5.74, 6) is -1.76. The van der Waals surface area contributed by atoms with Crippen LogP contribution in [0.25, 0.3) is 0 Å². The third-order valence-electron chi connectivity index (χ3n) is 5.11. The molecule has 1 heterocycles. The van der Waals surface area contributed by atoms with Crippen molar-refractivity contribution in [2.24, 2.45) is 0 Å². The van der Waals surface area contributed by atoms with Gasteiger partial charge in [-0.25, -0.2) is 14.0 Å². The molecule has 0 fully saturated rings. The molecule has 2 N–H and O–H groups in total. The summed E-state index contributed by atoms with van der Waals surface area (Å²) in [6.07, 6.45) is 0. The van der Waals surface area contributed by atoms with Gasteiger partial charge in [0.1, 0.15) is 12.4 Å². The Labute approximate surface area is 185 Å². The van der Waals surface area contributed by atoms with Gasteiger partial charge >= 0.3 is 12.0 Å². The summed E-state index contributed by atoms with van der Waals surface area (Å²) in [4.78, 5) is 38.7. The van der Waals surface area contributed by atoms with Gasteiger partial charge in [0, 0.05) is 25.5 Å². The fourth-order valence-electron chi connectivity index (χ4n) is 3.25. The number of urea groups is 1. The highest BCUT2D eigenvalue weighted by Gasteiger charge is 2.35. The number of hydrogen-bond donors (Lipinski definition) is 2. The molecule has 1 unspecified atom stereocenters. The molecule has 0 aliphatic carbocycles. The Morgan fingerprint density at radius 2 is 1.81 bits per heavy atom. The molecule has 0 radical (unpaired) electrons. The van der Waals surface area contributed by atoms with Crippen molar-refractivity contribution in [3.63, 3.8) is 0 Å². The number of nitrogens with zero attached hydrogens (tertiary/aromatic N) is 1. The molecular weight excluding hydrogens is 417 g/mol. The lowest BCUT2D eigenvalue weighted by Gasteiger charge is -2.33. The van der Waals surface area contributed by atoms with Gasteiger partial charge in [-0.15, -0.1) is 0 Å². The van der Waals surface area contributed by atoms with Crippen LogP contribution in [0.2, 0.25) is 0 Å². The van der Waals surface area contributed by atoms with E-state index in [1.807, 2.05) is 0 Å². The number of anilines is 1. The zero-order valence-corrected chi connectivity index (χ0v) is 18.0. The van der Waals surface area contributed by atoms with E-state index in [1.165, 1.54) is 30.2 Å². The fourth-order valence-corrected chi connectivity index (χ4v) is 3.25. The number of carbonyl (C=O) groups is 3. The minimum atomic E-state index is -0.731. The second kappa shape index (κ2) is 10.1. The van der Waals surface area contributed by atoms with Crippen molar-refractivity contribution in [1.29, 1.82) is 0 Å². The van der Waals surface area contributed by atoms with Crippen molar-refractivity contribution in [3.8, 4) is 0 Å². The van der Waals surface area contributed by atoms with Gasteiger partial charge < -0.3 is 25.0 Å². The van der Waals surface area contributed by atoms with Gasteiger partial charge in [-0.1, -0.05) is 24.3 Å². The number of methoxy groups -OCH3 is 1. The molecule has 2 aromatic carbocycles. The lowest BCUT2D eigenvalue weighted by atomic mass is 9.95. The van der Waals surface area contributed by atoms with Gasteiger partial charge in [0.05, 0.1) is 23.8 Å². The minimum Gasteiger partial charge on any atom is -0.460 e. The number of esters is 1. The van der Waals surface area contributed by atoms with Crippen molar-refractivity contribution in [2.45, 2.75) is 13.0 Å². The zero-order valence-electron chi connectivity index (χ0n) is 18.0. The molecule has 168 valence electrons. The van der Waals surface area contributed by atoms with E-state index in [9.17, 15) is 18.8 Å². The predicted octanol–water partition coefficient (Wildman–Crippen LogP) is 3.24. The van der Waals surface area contributed by atoms with Crippen LogP contribution in [0.15, 0.2) is 59.8 Å². The number of carbonyl (C=O) groups excluding carboxylic acids is 3. The number of allylic oxidation sites excluding steroid dienone is 1. The highest BCUT2D eigenvalue weighted by Crippen LogP contribution is 2.31. The first-order chi connectivity index (χ1) is 15.3. The maximum absolute atomic E-state index is 13.8. The zero-order chi connectivity index (χ0) is 23.3. The van der Waals surface area contributed by atoms with E-state index in [0.717, 1.165) is 0 Å². The number of rotatable bonds is 7. The van der Waals surface area contributed by atoms with Crippen molar-refractivity contribution >= 4 is 23.6 Å². The Balaban J connectivity index is 1.82. The second-order valence-corrected chi connectivity index (χ2v) is 7.13. The van der Waals surface area contributed by atoms with Gasteiger partial charge in [0.15, 0.2) is 0 Å². The Morgan fingerprint density at radius 3 is 2.47 bits per heavy atom. The largest absolute Gasteiger partial charge is 0.460 e. The van der Waals surface area contributed by atoms with Gasteiger partial charge in [0.25, 0.3) is 5.91 Å². The Bertz CT molecular complexity index is 1050. The first kappa shape index (κ1) is 23.0. The summed E-state index contributed by atoms with van der Waals surface area (Å²) in [6.45, 7) is 2.00. The SMILES string of the molecule is COCCOC(=O)C1=C(C)N(C)C(=O)NC1c1ccc(NC(=O)c2ccccc2F)cc1. The maximum Gasteiger partial charge on any atom is 0.338 e. The molecule has 0 bridgehead atoms. The summed E-state index contributed by atoms with van der Waals surface area (Å²) in [7, 11) is 3.06. The quantitative estimate of drug-likeness (QED) is 0.508. The van der Waals surface area contributed by atoms with E-state index < -0.39 is 23.7 Å². The molecule has 0 aromatic heterocycles. The van der Waals surface area contributed by atoms with Crippen LogP contribution in [-0.2, 0) is 14.3 Å². The van der Waals surface area contributed by atoms with Crippen molar-refractivity contribution < 1.29 is 28.2 Å². The van der Waals surface area contributed by atoms with Crippen LogP contribution in [-0.4, -0.2) is 50.2 Å². The molecular formula is C23H24FN3O5. The smallest absolute Gasteiger partial charge is 0.338 e. The van der Waals surface area contributed by atoms with Crippen LogP contribution in [0, 0.1) is 5.82 Å². The monoisotopic (exact) mass is 441 g/mol. The average Bonchev–Trinajstić information content (AvgIpc) is 2.78. The molecule has 1 aliphatic heterocycles. The van der Waals surface area contributed by atoms with Crippen LogP contribution in [0.3, 0.4) is 0 Å². The van der Waals surface area contributed by atoms with Crippen LogP contribution in [0.4, 0.5) is 14.9 Å². The standard InChI is InChI=1S/C23H24FN3O5/c1-14-19(22(29)32-13-12-31-3)20(26-23(30)27(14)2)15-8-10-16(11-9-15)25-21(28)17-6-4-5-7-18(17)24/h4-11,20H,12-13H2,1-3H3,(H,25,28)(H,26,30). The number of nitrogens with one attached hydrogen (secondary N) is 2. The van der Waals surface area contributed by atoms with E-state index in [1.54, 1.807) is 44.3 Å². The van der Waals surface area contributed by atoms with Crippen LogP contribution in [0.1, 0.15) is 28.9 Å². The van der Waals surface area contributed by atoms with Crippen LogP contribution < -0.4 is 10.6 Å². The van der Waals surface area contributed by atoms with Gasteiger partial charge in [-0.05, 0) is 36.8 Å². The predicted molar refractivity (Wildman–Crippen MR) is 115 cm³/mol. The maximum atomic E-state index is 13.8. The van der Waals surface area contributed by atoms with Crippen molar-refractivity contribution in [3.05, 3.63) is 76.7 Å². The lowest BCUT2D eigenvalue weighted by molar-refractivity contribution is -0.140. The second-order valence-electron chi connectivity index (χ2n) is 7.13. The summed E-state index contributed by atoms with van der Waals surface area (Å²) in [5.41, 5.74) is 1.75. The third-order valence-corrected chi connectivity index (χ3v) is 5.11. The van der Waals surface area contributed by atoms with Gasteiger partial charge in [-0.2, -0.15) is 0 Å². The topological polar surface area (TPSA) is 97.0 Å². The summed E-state index contributed by atoms with van der Waals surface area (Å²) in [5, 5.41) is 5.42. The molecule has 3 rings (SSSR count). The summed E-state index contributed by atoms with van der Waals surface area (Å²) in [6, 6.07) is 11.2. The number of halogens is 1. The Morgan fingerprint density at radius 1 is 1.12 bits per heavy atom. The molecule has 1 aliphatic rings. The third kappa shape index (κ3) is 4.94. The molecule has 32 heavy (non-hydrogen) atoms. The van der Waals surface area contributed by atoms with Gasteiger partial charge in [0.2, 0.25) is 0 Å². The molecule has 2 aromatic rings. The molecule has 9 heteroatoms. The van der Waals surface area contributed by atoms with Crippen molar-refractivity contribution in [2.75, 3.05) is 32.7 Å². The summed E-state index contributed by atoms with van der Waals surface area (Å²) < 4.78 is 24.0. The molecule has 8 nitrogen and oxygen atoms in total. The van der Waals surface area contributed by atoms with E-state index in [0.29, 0.717) is 22.5 Å². The molecule has 0 saturated heterocycles. The Hall–Kier alpha value is -3.72. The minimum absolute atomic E-state index is 0.0705. The number of hydrogen-bond acceptors (Lipinski definition) is 5. The number of amides is 3. The highest BCUT2D eigenvalue weighted by atomic mass is 19.1. The van der Waals surface area contributed by atoms with E-state index in [-0.39, 0.29) is 24.8 Å². The van der Waals surface area contributed by atoms with E-state index in [2.05, 4.69) is 10.6 Å². The average molecular weight is 441 g/mol. The highest BCUT2D eigenvalue weighted by molar-refractivity contribution is 6.04. The van der Waals surface area contributed by atoms with Crippen molar-refractivity contribution in [1.82, 2.24) is 10.2 Å². The Kier molecular flexibility index (Phi) is 7.21. The first-order valence-electron chi connectivity index (χ1n) is 9.90. The first-order valence-corrected chi connectivity index (χ1v) is 9.90. The summed E-state index contributed by atoms with van der Waals surface area (Å²) >= 11 is 0. The molecule has 0 spiro atoms. The number of ether oxygens (including phenoxy) is 2. The fraction of sp³-hybridized carbons (Fsp3) is 0.261. The molecule has 1 atom stereocenters. The van der Waals surface area contributed by atoms with Crippen LogP contribution >= 0.6 is 0 Å². The van der Waals surface area contributed by atoms with Crippen LogP contribution in [0.5, 0.6) is 0 Å². The van der Waals surface area contributed by atoms with E-state index >= 15 is 0 Å².